The monoisotopic (exact) mass is 385 g/mol. The molecule has 9 heteroatoms. The Hall–Kier alpha value is -2.73. The predicted octanol–water partition coefficient (Wildman–Crippen LogP) is 2.73. The van der Waals surface area contributed by atoms with Crippen LogP contribution in [0.15, 0.2) is 23.8 Å². The molecule has 0 fully saturated rings. The number of nitrogens with zero attached hydrogens (tertiary/aromatic N) is 1. The molecule has 0 radical (unpaired) electrons. The molecule has 0 spiro atoms. The first-order valence-corrected chi connectivity index (χ1v) is 7.59. The first-order valence-electron chi connectivity index (χ1n) is 7.18. The van der Waals surface area contributed by atoms with Crippen molar-refractivity contribution in [2.45, 2.75) is 12.2 Å². The number of alkyl halides is 3. The fourth-order valence-corrected chi connectivity index (χ4v) is 2.87. The van der Waals surface area contributed by atoms with Gasteiger partial charge in [-0.15, -0.1) is 6.42 Å². The number of rotatable bonds is 4. The Morgan fingerprint density at radius 1 is 1.38 bits per heavy atom. The van der Waals surface area contributed by atoms with Gasteiger partial charge < -0.3 is 19.5 Å². The van der Waals surface area contributed by atoms with Gasteiger partial charge in [-0.2, -0.15) is 13.2 Å². The lowest BCUT2D eigenvalue weighted by atomic mass is 10.1. The van der Waals surface area contributed by atoms with Crippen molar-refractivity contribution in [1.29, 1.82) is 0 Å². The second kappa shape index (κ2) is 7.25. The van der Waals surface area contributed by atoms with Crippen molar-refractivity contribution >= 4 is 23.2 Å². The van der Waals surface area contributed by atoms with Crippen LogP contribution in [0.4, 0.5) is 13.2 Å². The van der Waals surface area contributed by atoms with E-state index in [0.717, 1.165) is 13.2 Å². The molecule has 0 bridgehead atoms. The van der Waals surface area contributed by atoms with E-state index in [4.69, 9.17) is 28.1 Å². The number of methoxy groups -OCH3 is 2. The number of halogens is 3. The highest BCUT2D eigenvalue weighted by Crippen LogP contribution is 2.42. The van der Waals surface area contributed by atoms with Crippen molar-refractivity contribution in [3.63, 3.8) is 0 Å². The third-order valence-corrected chi connectivity index (χ3v) is 4.24. The normalized spacial score (nSPS) is 16.7. The summed E-state index contributed by atoms with van der Waals surface area (Å²) in [4.78, 5) is 12.6. The Morgan fingerprint density at radius 3 is 2.50 bits per heavy atom. The minimum Gasteiger partial charge on any atom is -0.493 e. The van der Waals surface area contributed by atoms with Gasteiger partial charge in [0, 0.05) is 11.1 Å². The second-order valence-corrected chi connectivity index (χ2v) is 5.70. The Bertz CT molecular complexity index is 827. The smallest absolute Gasteiger partial charge is 0.420 e. The highest BCUT2D eigenvalue weighted by Gasteiger charge is 2.38. The fraction of sp³-hybridized carbons (Fsp3) is 0.294. The van der Waals surface area contributed by atoms with E-state index in [2.05, 4.69) is 5.92 Å². The van der Waals surface area contributed by atoms with Gasteiger partial charge in [-0.05, 0) is 18.2 Å². The highest BCUT2D eigenvalue weighted by molar-refractivity contribution is 7.80. The molecule has 1 aliphatic heterocycles. The lowest BCUT2D eigenvalue weighted by Crippen LogP contribution is -2.40. The largest absolute Gasteiger partial charge is 0.493 e. The van der Waals surface area contributed by atoms with Gasteiger partial charge in [-0.25, -0.2) is 4.79 Å². The van der Waals surface area contributed by atoms with E-state index in [-0.39, 0.29) is 22.8 Å². The molecule has 1 aliphatic rings. The quantitative estimate of drug-likeness (QED) is 0.635. The zero-order chi connectivity index (χ0) is 19.6. The number of thiocarbonyl (C=S) groups is 1. The van der Waals surface area contributed by atoms with Gasteiger partial charge in [0.1, 0.15) is 16.6 Å². The van der Waals surface area contributed by atoms with Crippen LogP contribution in [0.3, 0.4) is 0 Å². The van der Waals surface area contributed by atoms with Gasteiger partial charge in [-0.3, -0.25) is 0 Å². The van der Waals surface area contributed by atoms with Crippen molar-refractivity contribution in [2.24, 2.45) is 0 Å². The number of carbonyl (C=O) groups is 1. The van der Waals surface area contributed by atoms with Crippen LogP contribution in [0.2, 0.25) is 0 Å². The topological polar surface area (TPSA) is 59.0 Å². The summed E-state index contributed by atoms with van der Waals surface area (Å²) in [5.41, 5.74) is -0.716. The average molecular weight is 385 g/mol. The molecule has 138 valence electrons. The first kappa shape index (κ1) is 19.6. The molecule has 1 N–H and O–H groups in total. The van der Waals surface area contributed by atoms with E-state index in [1.54, 1.807) is 0 Å². The zero-order valence-electron chi connectivity index (χ0n) is 13.8. The maximum absolute atomic E-state index is 13.4. The van der Waals surface area contributed by atoms with E-state index < -0.39 is 29.5 Å². The molecular formula is C17H14F3NO4S. The molecule has 2 rings (SSSR count). The maximum atomic E-state index is 13.4. The molecule has 1 atom stereocenters. The van der Waals surface area contributed by atoms with Crippen molar-refractivity contribution in [1.82, 2.24) is 4.90 Å². The lowest BCUT2D eigenvalue weighted by molar-refractivity contribution is -0.140. The average Bonchev–Trinajstić information content (AvgIpc) is 3.03. The number of terminal acetylenes is 1. The summed E-state index contributed by atoms with van der Waals surface area (Å²) in [5.74, 6) is 0.468. The standard InChI is InChI=1S/C17H14F3NO4S/c1-4-9-5-12(16(22)23)21(8-9)15(26)10-6-11(17(18,19)20)14(25-3)13(7-10)24-2/h1,5-7,12H,8H2,2-3H3,(H,22,23)/t12-/m1/s1. The number of hydrogen-bond donors (Lipinski definition) is 1. The Kier molecular flexibility index (Phi) is 5.47. The zero-order valence-corrected chi connectivity index (χ0v) is 14.6. The van der Waals surface area contributed by atoms with Gasteiger partial charge in [0.2, 0.25) is 0 Å². The molecule has 0 saturated carbocycles. The number of carboxylic acids is 1. The molecule has 1 heterocycles. The molecule has 0 aromatic heterocycles. The van der Waals surface area contributed by atoms with Gasteiger partial charge >= 0.3 is 12.1 Å². The summed E-state index contributed by atoms with van der Waals surface area (Å²) in [5, 5.41) is 9.32. The molecule has 0 unspecified atom stereocenters. The van der Waals surface area contributed by atoms with Crippen molar-refractivity contribution in [3.8, 4) is 23.8 Å². The number of carboxylic acid groups (broad SMARTS) is 1. The Labute approximate surface area is 153 Å². The number of ether oxygens (including phenoxy) is 2. The van der Waals surface area contributed by atoms with Crippen molar-refractivity contribution in [2.75, 3.05) is 20.8 Å². The SMILES string of the molecule is C#CC1=C[C@H](C(=O)O)N(C(=S)c2cc(OC)c(OC)c(C(F)(F)F)c2)C1. The van der Waals surface area contributed by atoms with Crippen LogP contribution in [-0.4, -0.2) is 47.8 Å². The first-order chi connectivity index (χ1) is 12.1. The summed E-state index contributed by atoms with van der Waals surface area (Å²) in [6.45, 7) is 0.0159. The van der Waals surface area contributed by atoms with E-state index >= 15 is 0 Å². The van der Waals surface area contributed by atoms with Crippen LogP contribution >= 0.6 is 12.2 Å². The third kappa shape index (κ3) is 3.60. The molecule has 0 amide bonds. The third-order valence-electron chi connectivity index (χ3n) is 3.77. The molecular weight excluding hydrogens is 371 g/mol. The van der Waals surface area contributed by atoms with Gasteiger partial charge in [-0.1, -0.05) is 18.1 Å². The van der Waals surface area contributed by atoms with Crippen LogP contribution in [0.1, 0.15) is 11.1 Å². The maximum Gasteiger partial charge on any atom is 0.420 e. The van der Waals surface area contributed by atoms with E-state index in [1.807, 2.05) is 0 Å². The number of aliphatic carboxylic acids is 1. The molecule has 1 aromatic rings. The molecule has 0 saturated heterocycles. The Morgan fingerprint density at radius 2 is 2.04 bits per heavy atom. The van der Waals surface area contributed by atoms with Crippen LogP contribution < -0.4 is 9.47 Å². The van der Waals surface area contributed by atoms with Crippen molar-refractivity contribution in [3.05, 3.63) is 34.9 Å². The van der Waals surface area contributed by atoms with Gasteiger partial charge in [0.25, 0.3) is 0 Å². The van der Waals surface area contributed by atoms with Crippen molar-refractivity contribution < 1.29 is 32.5 Å². The summed E-state index contributed by atoms with van der Waals surface area (Å²) in [7, 11) is 2.29. The molecule has 0 aliphatic carbocycles. The van der Waals surface area contributed by atoms with Crippen LogP contribution in [0.5, 0.6) is 11.5 Å². The van der Waals surface area contributed by atoms with E-state index in [1.165, 1.54) is 24.2 Å². The fourth-order valence-electron chi connectivity index (χ4n) is 2.58. The summed E-state index contributed by atoms with van der Waals surface area (Å²) < 4.78 is 49.9. The van der Waals surface area contributed by atoms with Crippen LogP contribution in [-0.2, 0) is 11.0 Å². The number of hydrogen-bond acceptors (Lipinski definition) is 4. The van der Waals surface area contributed by atoms with E-state index in [0.29, 0.717) is 5.57 Å². The van der Waals surface area contributed by atoms with E-state index in [9.17, 15) is 23.1 Å². The summed E-state index contributed by atoms with van der Waals surface area (Å²) in [6, 6.07) is 0.913. The minimum absolute atomic E-state index is 0.0159. The predicted molar refractivity (Wildman–Crippen MR) is 91.3 cm³/mol. The van der Waals surface area contributed by atoms with Crippen LogP contribution in [0.25, 0.3) is 0 Å². The number of benzene rings is 1. The second-order valence-electron chi connectivity index (χ2n) is 5.31. The Balaban J connectivity index is 2.53. The van der Waals surface area contributed by atoms with Gasteiger partial charge in [0.05, 0.1) is 20.8 Å². The summed E-state index contributed by atoms with van der Waals surface area (Å²) >= 11 is 5.24. The highest BCUT2D eigenvalue weighted by atomic mass is 32.1. The summed E-state index contributed by atoms with van der Waals surface area (Å²) in [6.07, 6.45) is 1.91. The molecule has 5 nitrogen and oxygen atoms in total. The molecule has 26 heavy (non-hydrogen) atoms. The molecule has 1 aromatic carbocycles. The lowest BCUT2D eigenvalue weighted by Gasteiger charge is -2.25. The van der Waals surface area contributed by atoms with Crippen LogP contribution in [0, 0.1) is 12.3 Å². The minimum atomic E-state index is -4.72. The van der Waals surface area contributed by atoms with Gasteiger partial charge in [0.15, 0.2) is 11.5 Å².